The van der Waals surface area contributed by atoms with Crippen molar-refractivity contribution in [3.8, 4) is 0 Å². The molecule has 1 heterocycles. The molecule has 1 atom stereocenters. The average Bonchev–Trinajstić information content (AvgIpc) is 2.74. The summed E-state index contributed by atoms with van der Waals surface area (Å²) in [6.45, 7) is 0.114. The van der Waals surface area contributed by atoms with Crippen LogP contribution in [0, 0.1) is 0 Å². The Balaban J connectivity index is 1.99. The van der Waals surface area contributed by atoms with Crippen molar-refractivity contribution < 1.29 is 14.1 Å². The highest BCUT2D eigenvalue weighted by molar-refractivity contribution is 9.11. The van der Waals surface area contributed by atoms with Crippen molar-refractivity contribution in [2.24, 2.45) is 0 Å². The van der Waals surface area contributed by atoms with E-state index in [9.17, 15) is 4.79 Å². The number of amidine groups is 1. The molecule has 0 bridgehead atoms. The molecule has 1 N–H and O–H groups in total. The number of fused-ring (bicyclic) bond motifs is 1. The standard InChI is InChI=1S/C23H19BrN2O2/c1-28-21(27)15-26-22(16-8-4-2-5-9-16)19-14-18(24)12-13-20(19)25-23(26)17-10-6-3-7-11-17/h2-14,20H,15H2,1H3/p+1/t20-/m0/s1. The van der Waals surface area contributed by atoms with Crippen molar-refractivity contribution in [1.82, 2.24) is 5.32 Å². The van der Waals surface area contributed by atoms with Gasteiger partial charge in [-0.05, 0) is 30.4 Å². The molecule has 2 aromatic rings. The predicted octanol–water partition coefficient (Wildman–Crippen LogP) is 3.85. The lowest BCUT2D eigenvalue weighted by molar-refractivity contribution is -0.427. The number of nitrogens with one attached hydrogen (secondary N) is 1. The summed E-state index contributed by atoms with van der Waals surface area (Å²) in [7, 11) is 1.42. The molecule has 0 amide bonds. The number of nitrogens with zero attached hydrogens (tertiary/aromatic N) is 1. The Morgan fingerprint density at radius 3 is 2.36 bits per heavy atom. The minimum Gasteiger partial charge on any atom is -0.466 e. The summed E-state index contributed by atoms with van der Waals surface area (Å²) >= 11 is 3.59. The van der Waals surface area contributed by atoms with Crippen LogP contribution < -0.4 is 5.32 Å². The fourth-order valence-electron chi connectivity index (χ4n) is 3.52. The van der Waals surface area contributed by atoms with Crippen LogP contribution in [0.4, 0.5) is 0 Å². The Hall–Kier alpha value is -2.92. The molecule has 4 rings (SSSR count). The van der Waals surface area contributed by atoms with Crippen LogP contribution >= 0.6 is 15.9 Å². The summed E-state index contributed by atoms with van der Waals surface area (Å²) in [5, 5.41) is 3.60. The third-order valence-electron chi connectivity index (χ3n) is 4.79. The molecular formula is C23H20BrN2O2+. The van der Waals surface area contributed by atoms with Gasteiger partial charge < -0.3 is 4.74 Å². The maximum absolute atomic E-state index is 12.3. The molecular weight excluding hydrogens is 416 g/mol. The maximum Gasteiger partial charge on any atom is 0.348 e. The molecule has 0 radical (unpaired) electrons. The largest absolute Gasteiger partial charge is 0.466 e. The van der Waals surface area contributed by atoms with E-state index in [0.29, 0.717) is 0 Å². The van der Waals surface area contributed by atoms with Gasteiger partial charge in [0.05, 0.1) is 12.7 Å². The van der Waals surface area contributed by atoms with Crippen LogP contribution in [0.15, 0.2) is 88.9 Å². The van der Waals surface area contributed by atoms with E-state index in [-0.39, 0.29) is 18.6 Å². The second kappa shape index (κ2) is 7.98. The number of rotatable bonds is 4. The number of ether oxygens (including phenoxy) is 1. The first-order valence-corrected chi connectivity index (χ1v) is 9.85. The Morgan fingerprint density at radius 2 is 1.71 bits per heavy atom. The molecule has 0 fully saturated rings. The zero-order valence-electron chi connectivity index (χ0n) is 15.4. The summed E-state index contributed by atoms with van der Waals surface area (Å²) in [5.41, 5.74) is 4.16. The van der Waals surface area contributed by atoms with Gasteiger partial charge in [-0.15, -0.1) is 0 Å². The van der Waals surface area contributed by atoms with Crippen molar-refractivity contribution >= 4 is 33.4 Å². The van der Waals surface area contributed by atoms with Gasteiger partial charge in [0.2, 0.25) is 0 Å². The van der Waals surface area contributed by atoms with Gasteiger partial charge in [0.15, 0.2) is 6.54 Å². The topological polar surface area (TPSA) is 41.3 Å². The van der Waals surface area contributed by atoms with E-state index >= 15 is 0 Å². The minimum atomic E-state index is -0.294. The first kappa shape index (κ1) is 18.4. The first-order chi connectivity index (χ1) is 13.7. The highest BCUT2D eigenvalue weighted by atomic mass is 79.9. The molecule has 5 heteroatoms. The number of halogens is 1. The van der Waals surface area contributed by atoms with Gasteiger partial charge >= 0.3 is 5.97 Å². The molecule has 2 aliphatic rings. The van der Waals surface area contributed by atoms with Gasteiger partial charge in [0, 0.05) is 15.6 Å². The van der Waals surface area contributed by atoms with Crippen LogP contribution in [-0.2, 0) is 9.53 Å². The Morgan fingerprint density at radius 1 is 1.07 bits per heavy atom. The van der Waals surface area contributed by atoms with E-state index in [4.69, 9.17) is 4.74 Å². The lowest BCUT2D eigenvalue weighted by Gasteiger charge is -2.28. The first-order valence-electron chi connectivity index (χ1n) is 9.05. The monoisotopic (exact) mass is 435 g/mol. The summed E-state index contributed by atoms with van der Waals surface area (Å²) in [6.07, 6.45) is 6.27. The van der Waals surface area contributed by atoms with E-state index in [1.807, 2.05) is 59.2 Å². The Kier molecular flexibility index (Phi) is 5.26. The van der Waals surface area contributed by atoms with Gasteiger partial charge in [-0.2, -0.15) is 0 Å². The third-order valence-corrected chi connectivity index (χ3v) is 5.28. The smallest absolute Gasteiger partial charge is 0.348 e. The molecule has 2 aromatic carbocycles. The average molecular weight is 436 g/mol. The van der Waals surface area contributed by atoms with Crippen LogP contribution in [-0.4, -0.2) is 36.1 Å². The Labute approximate surface area is 172 Å². The lowest BCUT2D eigenvalue weighted by Crippen LogP contribution is -2.47. The third kappa shape index (κ3) is 3.58. The van der Waals surface area contributed by atoms with Gasteiger partial charge in [-0.3, -0.25) is 5.32 Å². The number of carbonyl (C=O) groups excluding carboxylic acids is 1. The predicted molar refractivity (Wildman–Crippen MR) is 114 cm³/mol. The molecule has 1 aliphatic heterocycles. The van der Waals surface area contributed by atoms with E-state index in [1.54, 1.807) is 0 Å². The molecule has 0 saturated carbocycles. The number of esters is 1. The minimum absolute atomic E-state index is 0.0145. The molecule has 28 heavy (non-hydrogen) atoms. The molecule has 0 aromatic heterocycles. The lowest BCUT2D eigenvalue weighted by atomic mass is 9.93. The van der Waals surface area contributed by atoms with Gasteiger partial charge in [0.25, 0.3) is 5.84 Å². The molecule has 0 unspecified atom stereocenters. The van der Waals surface area contributed by atoms with E-state index in [0.717, 1.165) is 32.7 Å². The molecule has 0 spiro atoms. The van der Waals surface area contributed by atoms with Crippen molar-refractivity contribution in [2.75, 3.05) is 13.7 Å². The Bertz CT molecular complexity index is 1020. The summed E-state index contributed by atoms with van der Waals surface area (Å²) in [5.74, 6) is 0.590. The number of methoxy groups -OCH3 is 1. The fraction of sp³-hybridized carbons (Fsp3) is 0.130. The number of carbonyl (C=O) groups is 1. The van der Waals surface area contributed by atoms with Crippen LogP contribution in [0.5, 0.6) is 0 Å². The van der Waals surface area contributed by atoms with Gasteiger partial charge in [-0.25, -0.2) is 9.37 Å². The van der Waals surface area contributed by atoms with Crippen LogP contribution in [0.25, 0.3) is 5.70 Å². The normalized spacial score (nSPS) is 18.4. The fourth-order valence-corrected chi connectivity index (χ4v) is 3.92. The number of allylic oxidation sites excluding steroid dienone is 2. The number of hydrogen-bond donors (Lipinski definition) is 1. The molecule has 140 valence electrons. The van der Waals surface area contributed by atoms with Gasteiger partial charge in [-0.1, -0.05) is 64.5 Å². The highest BCUT2D eigenvalue weighted by Gasteiger charge is 2.36. The molecule has 4 nitrogen and oxygen atoms in total. The van der Waals surface area contributed by atoms with Crippen molar-refractivity contribution in [3.05, 3.63) is 100 Å². The second-order valence-corrected chi connectivity index (χ2v) is 7.47. The maximum atomic E-state index is 12.3. The second-order valence-electron chi connectivity index (χ2n) is 6.56. The van der Waals surface area contributed by atoms with Crippen LogP contribution in [0.2, 0.25) is 0 Å². The summed E-state index contributed by atoms with van der Waals surface area (Å²) < 4.78 is 8.00. The van der Waals surface area contributed by atoms with E-state index < -0.39 is 0 Å². The molecule has 1 aliphatic carbocycles. The van der Waals surface area contributed by atoms with Crippen molar-refractivity contribution in [1.29, 1.82) is 0 Å². The number of benzene rings is 2. The van der Waals surface area contributed by atoms with Crippen LogP contribution in [0.1, 0.15) is 11.1 Å². The van der Waals surface area contributed by atoms with Crippen molar-refractivity contribution in [3.63, 3.8) is 0 Å². The molecule has 0 saturated heterocycles. The number of hydrogen-bond acceptors (Lipinski definition) is 3. The zero-order valence-corrected chi connectivity index (χ0v) is 17.0. The van der Waals surface area contributed by atoms with Crippen molar-refractivity contribution in [2.45, 2.75) is 6.04 Å². The SMILES string of the molecule is COC(=O)C[N+]1=C(c2ccccc2)N[C@H]2C=CC(Br)=CC2=C1c1ccccc1. The van der Waals surface area contributed by atoms with Gasteiger partial charge in [0.1, 0.15) is 11.7 Å². The van der Waals surface area contributed by atoms with E-state index in [1.165, 1.54) is 7.11 Å². The van der Waals surface area contributed by atoms with E-state index in [2.05, 4.69) is 45.5 Å². The summed E-state index contributed by atoms with van der Waals surface area (Å²) in [6, 6.07) is 20.2. The van der Waals surface area contributed by atoms with Crippen LogP contribution in [0.3, 0.4) is 0 Å². The quantitative estimate of drug-likeness (QED) is 0.585. The zero-order chi connectivity index (χ0) is 19.5. The highest BCUT2D eigenvalue weighted by Crippen LogP contribution is 2.32. The summed E-state index contributed by atoms with van der Waals surface area (Å²) in [4.78, 5) is 12.3.